The summed E-state index contributed by atoms with van der Waals surface area (Å²) in [5.74, 6) is 0.765. The maximum atomic E-state index is 5.50. The van der Waals surface area contributed by atoms with Crippen LogP contribution >= 0.6 is 0 Å². The van der Waals surface area contributed by atoms with Gasteiger partial charge in [0.15, 0.2) is 0 Å². The second-order valence-electron chi connectivity index (χ2n) is 5.70. The lowest BCUT2D eigenvalue weighted by Gasteiger charge is -2.31. The molecule has 0 bridgehead atoms. The van der Waals surface area contributed by atoms with E-state index in [1.807, 2.05) is 0 Å². The Labute approximate surface area is 117 Å². The van der Waals surface area contributed by atoms with Crippen molar-refractivity contribution in [3.8, 4) is 0 Å². The van der Waals surface area contributed by atoms with Crippen molar-refractivity contribution in [3.63, 3.8) is 0 Å². The highest BCUT2D eigenvalue weighted by Crippen LogP contribution is 2.22. The van der Waals surface area contributed by atoms with E-state index < -0.39 is 0 Å². The molecule has 1 fully saturated rings. The fourth-order valence-corrected chi connectivity index (χ4v) is 2.95. The van der Waals surface area contributed by atoms with Gasteiger partial charge in [0.2, 0.25) is 0 Å². The predicted molar refractivity (Wildman–Crippen MR) is 80.5 cm³/mol. The minimum Gasteiger partial charge on any atom is -0.381 e. The minimum atomic E-state index is 0.602. The fraction of sp³-hybridized carbons (Fsp3) is 0.647. The molecule has 1 N–H and O–H groups in total. The summed E-state index contributed by atoms with van der Waals surface area (Å²) in [6, 6.07) is 9.52. The molecule has 1 atom stereocenters. The number of hydrogen-bond donors (Lipinski definition) is 1. The van der Waals surface area contributed by atoms with Crippen LogP contribution in [0.3, 0.4) is 0 Å². The van der Waals surface area contributed by atoms with Gasteiger partial charge in [0.1, 0.15) is 0 Å². The quantitative estimate of drug-likeness (QED) is 0.848. The Bertz CT molecular complexity index is 371. The van der Waals surface area contributed by atoms with Crippen molar-refractivity contribution in [3.05, 3.63) is 35.4 Å². The Hall–Kier alpha value is -0.860. The molecule has 19 heavy (non-hydrogen) atoms. The summed E-state index contributed by atoms with van der Waals surface area (Å²) in [6.45, 7) is 7.40. The summed E-state index contributed by atoms with van der Waals surface area (Å²) in [5.41, 5.74) is 2.82. The highest BCUT2D eigenvalue weighted by atomic mass is 16.5. The Morgan fingerprint density at radius 1 is 1.32 bits per heavy atom. The van der Waals surface area contributed by atoms with Gasteiger partial charge in [0.05, 0.1) is 0 Å². The van der Waals surface area contributed by atoms with E-state index in [1.54, 1.807) is 0 Å². The Morgan fingerprint density at radius 3 is 2.79 bits per heavy atom. The van der Waals surface area contributed by atoms with Crippen LogP contribution in [0.25, 0.3) is 0 Å². The van der Waals surface area contributed by atoms with Crippen LogP contribution in [-0.4, -0.2) is 25.8 Å². The molecule has 1 aromatic carbocycles. The van der Waals surface area contributed by atoms with Crippen molar-refractivity contribution in [1.82, 2.24) is 5.32 Å². The largest absolute Gasteiger partial charge is 0.381 e. The van der Waals surface area contributed by atoms with Gasteiger partial charge >= 0.3 is 0 Å². The molecule has 0 spiro atoms. The maximum absolute atomic E-state index is 5.50. The molecule has 2 rings (SSSR count). The first-order valence-electron chi connectivity index (χ1n) is 7.66. The third-order valence-corrected chi connectivity index (χ3v) is 4.03. The molecule has 0 saturated carbocycles. The van der Waals surface area contributed by atoms with Crippen LogP contribution in [0, 0.1) is 12.8 Å². The number of nitrogens with one attached hydrogen (secondary N) is 1. The second-order valence-corrected chi connectivity index (χ2v) is 5.70. The summed E-state index contributed by atoms with van der Waals surface area (Å²) < 4.78 is 5.50. The summed E-state index contributed by atoms with van der Waals surface area (Å²) in [6.07, 6.45) is 4.75. The van der Waals surface area contributed by atoms with Gasteiger partial charge in [-0.2, -0.15) is 0 Å². The van der Waals surface area contributed by atoms with Crippen LogP contribution < -0.4 is 5.32 Å². The molecular formula is C17H27NO. The SMILES string of the molecule is CCCNC(Cc1cccc(C)c1)C1CCOCC1. The van der Waals surface area contributed by atoms with Gasteiger partial charge < -0.3 is 10.1 Å². The average Bonchev–Trinajstić information content (AvgIpc) is 2.44. The smallest absolute Gasteiger partial charge is 0.0469 e. The van der Waals surface area contributed by atoms with E-state index in [9.17, 15) is 0 Å². The molecule has 106 valence electrons. The molecule has 1 aliphatic heterocycles. The molecule has 1 unspecified atom stereocenters. The first-order valence-corrected chi connectivity index (χ1v) is 7.66. The van der Waals surface area contributed by atoms with Gasteiger partial charge in [-0.3, -0.25) is 0 Å². The van der Waals surface area contributed by atoms with Gasteiger partial charge in [0, 0.05) is 19.3 Å². The highest BCUT2D eigenvalue weighted by molar-refractivity contribution is 5.23. The van der Waals surface area contributed by atoms with Gasteiger partial charge in [-0.1, -0.05) is 36.8 Å². The molecule has 0 aliphatic carbocycles. The molecule has 1 heterocycles. The number of aryl methyl sites for hydroxylation is 1. The minimum absolute atomic E-state index is 0.602. The molecular weight excluding hydrogens is 234 g/mol. The number of ether oxygens (including phenoxy) is 1. The zero-order valence-corrected chi connectivity index (χ0v) is 12.3. The van der Waals surface area contributed by atoms with Crippen LogP contribution in [0.2, 0.25) is 0 Å². The Balaban J connectivity index is 1.99. The van der Waals surface area contributed by atoms with Gasteiger partial charge in [-0.25, -0.2) is 0 Å². The summed E-state index contributed by atoms with van der Waals surface area (Å²) >= 11 is 0. The molecule has 1 saturated heterocycles. The lowest BCUT2D eigenvalue weighted by molar-refractivity contribution is 0.0538. The fourth-order valence-electron chi connectivity index (χ4n) is 2.95. The molecule has 2 nitrogen and oxygen atoms in total. The lowest BCUT2D eigenvalue weighted by atomic mass is 9.87. The predicted octanol–water partition coefficient (Wildman–Crippen LogP) is 3.33. The zero-order valence-electron chi connectivity index (χ0n) is 12.3. The van der Waals surface area contributed by atoms with E-state index in [0.717, 1.165) is 32.1 Å². The first kappa shape index (κ1) is 14.5. The van der Waals surface area contributed by atoms with Crippen molar-refractivity contribution in [1.29, 1.82) is 0 Å². The van der Waals surface area contributed by atoms with E-state index >= 15 is 0 Å². The Morgan fingerprint density at radius 2 is 2.11 bits per heavy atom. The number of rotatable bonds is 6. The summed E-state index contributed by atoms with van der Waals surface area (Å²) in [7, 11) is 0. The van der Waals surface area contributed by atoms with Gasteiger partial charge in [0.25, 0.3) is 0 Å². The second kappa shape index (κ2) is 7.66. The summed E-state index contributed by atoms with van der Waals surface area (Å²) in [4.78, 5) is 0. The zero-order chi connectivity index (χ0) is 13.5. The van der Waals surface area contributed by atoms with E-state index in [2.05, 4.69) is 43.4 Å². The molecule has 1 aromatic rings. The first-order chi connectivity index (χ1) is 9.29. The van der Waals surface area contributed by atoms with E-state index in [1.165, 1.54) is 30.4 Å². The number of benzene rings is 1. The lowest BCUT2D eigenvalue weighted by Crippen LogP contribution is -2.41. The van der Waals surface area contributed by atoms with E-state index in [-0.39, 0.29) is 0 Å². The third-order valence-electron chi connectivity index (χ3n) is 4.03. The van der Waals surface area contributed by atoms with Crippen LogP contribution in [0.15, 0.2) is 24.3 Å². The molecule has 2 heteroatoms. The molecule has 0 radical (unpaired) electrons. The van der Waals surface area contributed by atoms with E-state index in [4.69, 9.17) is 4.74 Å². The molecule has 1 aliphatic rings. The molecule has 0 amide bonds. The van der Waals surface area contributed by atoms with Crippen LogP contribution in [0.5, 0.6) is 0 Å². The van der Waals surface area contributed by atoms with Crippen LogP contribution in [0.1, 0.15) is 37.3 Å². The monoisotopic (exact) mass is 261 g/mol. The Kier molecular flexibility index (Phi) is 5.87. The van der Waals surface area contributed by atoms with Crippen LogP contribution in [0.4, 0.5) is 0 Å². The maximum Gasteiger partial charge on any atom is 0.0469 e. The van der Waals surface area contributed by atoms with Crippen LogP contribution in [-0.2, 0) is 11.2 Å². The van der Waals surface area contributed by atoms with Gasteiger partial charge in [-0.15, -0.1) is 0 Å². The van der Waals surface area contributed by atoms with Crippen molar-refractivity contribution < 1.29 is 4.74 Å². The van der Waals surface area contributed by atoms with Crippen molar-refractivity contribution >= 4 is 0 Å². The van der Waals surface area contributed by atoms with E-state index in [0.29, 0.717) is 6.04 Å². The van der Waals surface area contributed by atoms with Gasteiger partial charge in [-0.05, 0) is 50.6 Å². The van der Waals surface area contributed by atoms with Crippen molar-refractivity contribution in [2.24, 2.45) is 5.92 Å². The van der Waals surface area contributed by atoms with Crippen molar-refractivity contribution in [2.45, 2.75) is 45.6 Å². The third kappa shape index (κ3) is 4.63. The number of hydrogen-bond acceptors (Lipinski definition) is 2. The average molecular weight is 261 g/mol. The summed E-state index contributed by atoms with van der Waals surface area (Å²) in [5, 5.41) is 3.75. The normalized spacial score (nSPS) is 18.4. The molecule has 0 aromatic heterocycles. The standard InChI is InChI=1S/C17H27NO/c1-3-9-18-17(16-7-10-19-11-8-16)13-15-6-4-5-14(2)12-15/h4-6,12,16-18H,3,7-11,13H2,1-2H3. The highest BCUT2D eigenvalue weighted by Gasteiger charge is 2.23. The van der Waals surface area contributed by atoms with Crippen molar-refractivity contribution in [2.75, 3.05) is 19.8 Å². The topological polar surface area (TPSA) is 21.3 Å².